The summed E-state index contributed by atoms with van der Waals surface area (Å²) in [5.41, 5.74) is -0.496. The van der Waals surface area contributed by atoms with Gasteiger partial charge < -0.3 is 5.32 Å². The molecule has 0 aromatic heterocycles. The first-order valence-electron chi connectivity index (χ1n) is 5.03. The van der Waals surface area contributed by atoms with Gasteiger partial charge in [-0.3, -0.25) is 4.79 Å². The van der Waals surface area contributed by atoms with E-state index in [1.807, 2.05) is 0 Å². The standard InChI is InChI=1S/C9H15NO3S.ClH/c11-8-2-1-5-10-9(8)3-6-14(12,13)7-4-9;/h10H,1-7H2;1H. The van der Waals surface area contributed by atoms with Gasteiger partial charge in [-0.05, 0) is 25.8 Å². The van der Waals surface area contributed by atoms with Crippen molar-refractivity contribution in [2.45, 2.75) is 31.2 Å². The molecule has 0 aromatic rings. The molecule has 2 rings (SSSR count). The molecule has 0 unspecified atom stereocenters. The number of piperidine rings is 1. The van der Waals surface area contributed by atoms with E-state index in [4.69, 9.17) is 0 Å². The topological polar surface area (TPSA) is 63.2 Å². The zero-order chi connectivity index (χ0) is 10.2. The molecule has 2 aliphatic rings. The monoisotopic (exact) mass is 253 g/mol. The minimum Gasteiger partial charge on any atom is -0.305 e. The Morgan fingerprint density at radius 3 is 2.33 bits per heavy atom. The molecule has 88 valence electrons. The highest BCUT2D eigenvalue weighted by atomic mass is 35.5. The number of hydrogen-bond acceptors (Lipinski definition) is 4. The Bertz CT molecular complexity index is 338. The Kier molecular flexibility index (Phi) is 3.79. The fourth-order valence-electron chi connectivity index (χ4n) is 2.26. The van der Waals surface area contributed by atoms with Crippen LogP contribution in [0.15, 0.2) is 0 Å². The first-order valence-corrected chi connectivity index (χ1v) is 6.85. The molecule has 2 aliphatic heterocycles. The molecule has 1 N–H and O–H groups in total. The fourth-order valence-corrected chi connectivity index (χ4v) is 3.78. The maximum atomic E-state index is 11.7. The van der Waals surface area contributed by atoms with Crippen molar-refractivity contribution in [3.05, 3.63) is 0 Å². The van der Waals surface area contributed by atoms with Crippen LogP contribution in [0.4, 0.5) is 0 Å². The summed E-state index contributed by atoms with van der Waals surface area (Å²) in [7, 11) is -2.87. The molecule has 4 nitrogen and oxygen atoms in total. The zero-order valence-electron chi connectivity index (χ0n) is 8.49. The van der Waals surface area contributed by atoms with Gasteiger partial charge in [0.2, 0.25) is 0 Å². The zero-order valence-corrected chi connectivity index (χ0v) is 10.1. The first-order chi connectivity index (χ1) is 6.54. The Balaban J connectivity index is 0.00000112. The summed E-state index contributed by atoms with van der Waals surface area (Å²) in [5, 5.41) is 3.21. The third-order valence-corrected chi connectivity index (χ3v) is 4.91. The van der Waals surface area contributed by atoms with Crippen LogP contribution in [0.1, 0.15) is 25.7 Å². The molecule has 0 radical (unpaired) electrons. The van der Waals surface area contributed by atoms with E-state index >= 15 is 0 Å². The summed E-state index contributed by atoms with van der Waals surface area (Å²) in [5.74, 6) is 0.524. The summed E-state index contributed by atoms with van der Waals surface area (Å²) in [6, 6.07) is 0. The lowest BCUT2D eigenvalue weighted by Crippen LogP contribution is -2.59. The van der Waals surface area contributed by atoms with Crippen LogP contribution in [0, 0.1) is 0 Å². The van der Waals surface area contributed by atoms with Gasteiger partial charge in [-0.2, -0.15) is 0 Å². The highest BCUT2D eigenvalue weighted by Crippen LogP contribution is 2.28. The highest BCUT2D eigenvalue weighted by molar-refractivity contribution is 7.91. The van der Waals surface area contributed by atoms with Crippen molar-refractivity contribution >= 4 is 28.0 Å². The Labute approximate surface area is 96.1 Å². The summed E-state index contributed by atoms with van der Waals surface area (Å²) in [6.07, 6.45) is 2.42. The number of halogens is 1. The Hall–Kier alpha value is -0.130. The third kappa shape index (κ3) is 2.52. The van der Waals surface area contributed by atoms with Crippen molar-refractivity contribution in [3.63, 3.8) is 0 Å². The summed E-state index contributed by atoms with van der Waals surface area (Å²) < 4.78 is 22.5. The van der Waals surface area contributed by atoms with Crippen molar-refractivity contribution in [2.24, 2.45) is 0 Å². The number of sulfone groups is 1. The molecule has 15 heavy (non-hydrogen) atoms. The molecule has 2 heterocycles. The lowest BCUT2D eigenvalue weighted by Gasteiger charge is -2.39. The molecule has 0 amide bonds. The number of nitrogens with one attached hydrogen (secondary N) is 1. The van der Waals surface area contributed by atoms with Crippen LogP contribution in [0.3, 0.4) is 0 Å². The maximum Gasteiger partial charge on any atom is 0.152 e. The van der Waals surface area contributed by atoms with Crippen molar-refractivity contribution in [1.82, 2.24) is 5.32 Å². The van der Waals surface area contributed by atoms with Crippen LogP contribution < -0.4 is 5.32 Å². The normalized spacial score (nSPS) is 28.4. The van der Waals surface area contributed by atoms with E-state index in [2.05, 4.69) is 5.32 Å². The Morgan fingerprint density at radius 1 is 1.20 bits per heavy atom. The first kappa shape index (κ1) is 12.9. The van der Waals surface area contributed by atoms with E-state index in [1.165, 1.54) is 0 Å². The molecule has 2 fully saturated rings. The fraction of sp³-hybridized carbons (Fsp3) is 0.889. The second-order valence-corrected chi connectivity index (χ2v) is 6.49. The van der Waals surface area contributed by atoms with Crippen molar-refractivity contribution < 1.29 is 13.2 Å². The SMILES string of the molecule is Cl.O=C1CCCNC12CCS(=O)(=O)CC2. The van der Waals surface area contributed by atoms with Gasteiger partial charge in [0, 0.05) is 6.42 Å². The summed E-state index contributed by atoms with van der Waals surface area (Å²) >= 11 is 0. The van der Waals surface area contributed by atoms with E-state index in [0.717, 1.165) is 13.0 Å². The molecular formula is C9H16ClNO3S. The Morgan fingerprint density at radius 2 is 1.80 bits per heavy atom. The number of Topliss-reactive ketones (excluding diaryl/α,β-unsaturated/α-hetero) is 1. The number of hydrogen-bond donors (Lipinski definition) is 1. The van der Waals surface area contributed by atoms with Crippen LogP contribution in [0.25, 0.3) is 0 Å². The van der Waals surface area contributed by atoms with Gasteiger partial charge in [0.05, 0.1) is 17.0 Å². The average Bonchev–Trinajstić information content (AvgIpc) is 2.15. The second kappa shape index (κ2) is 4.39. The number of ketones is 1. The van der Waals surface area contributed by atoms with E-state index in [-0.39, 0.29) is 29.7 Å². The van der Waals surface area contributed by atoms with Crippen LogP contribution in [-0.2, 0) is 14.6 Å². The van der Waals surface area contributed by atoms with Gasteiger partial charge >= 0.3 is 0 Å². The van der Waals surface area contributed by atoms with Gasteiger partial charge in [-0.15, -0.1) is 12.4 Å². The van der Waals surface area contributed by atoms with Gasteiger partial charge in [-0.1, -0.05) is 0 Å². The van der Waals surface area contributed by atoms with Crippen molar-refractivity contribution in [2.75, 3.05) is 18.1 Å². The smallest absolute Gasteiger partial charge is 0.152 e. The van der Waals surface area contributed by atoms with E-state index in [0.29, 0.717) is 19.3 Å². The summed E-state index contributed by atoms with van der Waals surface area (Å²) in [6.45, 7) is 0.839. The minimum atomic E-state index is -2.87. The van der Waals surface area contributed by atoms with Crippen LogP contribution in [0.5, 0.6) is 0 Å². The summed E-state index contributed by atoms with van der Waals surface area (Å²) in [4.78, 5) is 11.7. The number of carbonyl (C=O) groups excluding carboxylic acids is 1. The molecule has 0 bridgehead atoms. The van der Waals surface area contributed by atoms with Crippen molar-refractivity contribution in [1.29, 1.82) is 0 Å². The van der Waals surface area contributed by atoms with Gasteiger partial charge in [0.25, 0.3) is 0 Å². The quantitative estimate of drug-likeness (QED) is 0.675. The molecule has 0 aliphatic carbocycles. The highest BCUT2D eigenvalue weighted by Gasteiger charge is 2.43. The molecule has 0 atom stereocenters. The lowest BCUT2D eigenvalue weighted by atomic mass is 9.82. The molecule has 6 heteroatoms. The van der Waals surface area contributed by atoms with E-state index < -0.39 is 15.4 Å². The largest absolute Gasteiger partial charge is 0.305 e. The van der Waals surface area contributed by atoms with Crippen LogP contribution in [-0.4, -0.2) is 37.8 Å². The van der Waals surface area contributed by atoms with E-state index in [1.54, 1.807) is 0 Å². The molecule has 2 saturated heterocycles. The molecule has 1 spiro atoms. The molecular weight excluding hydrogens is 238 g/mol. The lowest BCUT2D eigenvalue weighted by molar-refractivity contribution is -0.127. The van der Waals surface area contributed by atoms with Crippen LogP contribution in [0.2, 0.25) is 0 Å². The molecule has 0 saturated carbocycles. The predicted octanol–water partition coefficient (Wildman–Crippen LogP) is 0.308. The maximum absolute atomic E-state index is 11.7. The van der Waals surface area contributed by atoms with Crippen molar-refractivity contribution in [3.8, 4) is 0 Å². The van der Waals surface area contributed by atoms with E-state index in [9.17, 15) is 13.2 Å². The predicted molar refractivity (Wildman–Crippen MR) is 60.1 cm³/mol. The average molecular weight is 254 g/mol. The second-order valence-electron chi connectivity index (χ2n) is 4.19. The van der Waals surface area contributed by atoms with Gasteiger partial charge in [-0.25, -0.2) is 8.42 Å². The third-order valence-electron chi connectivity index (χ3n) is 3.26. The number of rotatable bonds is 0. The number of carbonyl (C=O) groups is 1. The van der Waals surface area contributed by atoms with Gasteiger partial charge in [0.1, 0.15) is 9.84 Å². The van der Waals surface area contributed by atoms with Crippen LogP contribution >= 0.6 is 12.4 Å². The van der Waals surface area contributed by atoms with Gasteiger partial charge in [0.15, 0.2) is 5.78 Å². The molecule has 0 aromatic carbocycles. The minimum absolute atomic E-state index is 0.